The van der Waals surface area contributed by atoms with E-state index in [-0.39, 0.29) is 12.3 Å². The molecule has 2 heterocycles. The van der Waals surface area contributed by atoms with Crippen LogP contribution in [0, 0.1) is 0 Å². The van der Waals surface area contributed by atoms with Gasteiger partial charge in [-0.2, -0.15) is 4.98 Å². The second kappa shape index (κ2) is 7.72. The van der Waals surface area contributed by atoms with Crippen molar-refractivity contribution in [3.8, 4) is 0 Å². The van der Waals surface area contributed by atoms with Crippen molar-refractivity contribution in [1.29, 1.82) is 0 Å². The monoisotopic (exact) mass is 311 g/mol. The van der Waals surface area contributed by atoms with E-state index in [1.54, 1.807) is 11.7 Å². The third kappa shape index (κ3) is 4.81. The van der Waals surface area contributed by atoms with Gasteiger partial charge in [-0.3, -0.25) is 4.79 Å². The van der Waals surface area contributed by atoms with Crippen LogP contribution in [0.15, 0.2) is 9.68 Å². The summed E-state index contributed by atoms with van der Waals surface area (Å²) in [6.07, 6.45) is 2.13. The molecule has 0 bridgehead atoms. The van der Waals surface area contributed by atoms with Gasteiger partial charge in [0, 0.05) is 13.6 Å². The van der Waals surface area contributed by atoms with Gasteiger partial charge >= 0.3 is 0 Å². The fourth-order valence-electron chi connectivity index (χ4n) is 1.50. The van der Waals surface area contributed by atoms with Gasteiger partial charge in [0.25, 0.3) is 0 Å². The standard InChI is InChI=1S/C11H17N7O2S/c1-3-4-5-12-9(19)6-8-13-10(20-15-8)7-21-11-14-16-17-18(11)2/h3-7H2,1-2H3,(H,12,19). The minimum atomic E-state index is -0.0963. The Morgan fingerprint density at radius 1 is 1.48 bits per heavy atom. The Morgan fingerprint density at radius 3 is 3.05 bits per heavy atom. The van der Waals surface area contributed by atoms with Crippen LogP contribution in [0.1, 0.15) is 31.5 Å². The average Bonchev–Trinajstić information content (AvgIpc) is 3.06. The van der Waals surface area contributed by atoms with E-state index in [2.05, 4.69) is 37.9 Å². The van der Waals surface area contributed by atoms with Crippen molar-refractivity contribution in [3.63, 3.8) is 0 Å². The lowest BCUT2D eigenvalue weighted by Gasteiger charge is -2.00. The lowest BCUT2D eigenvalue weighted by Crippen LogP contribution is -2.26. The van der Waals surface area contributed by atoms with Crippen LogP contribution in [0.2, 0.25) is 0 Å². The molecular formula is C11H17N7O2S. The number of hydrogen-bond donors (Lipinski definition) is 1. The van der Waals surface area contributed by atoms with Gasteiger partial charge in [-0.1, -0.05) is 30.3 Å². The van der Waals surface area contributed by atoms with Gasteiger partial charge in [-0.05, 0) is 16.8 Å². The third-order valence-corrected chi connectivity index (χ3v) is 3.58. The quantitative estimate of drug-likeness (QED) is 0.549. The number of thioether (sulfide) groups is 1. The third-order valence-electron chi connectivity index (χ3n) is 2.59. The number of nitrogens with zero attached hydrogens (tertiary/aromatic N) is 6. The van der Waals surface area contributed by atoms with Gasteiger partial charge in [-0.25, -0.2) is 4.68 Å². The summed E-state index contributed by atoms with van der Waals surface area (Å²) in [5, 5.41) is 18.4. The first-order chi connectivity index (χ1) is 10.2. The molecule has 0 saturated heterocycles. The minimum Gasteiger partial charge on any atom is -0.356 e. The number of unbranched alkanes of at least 4 members (excludes halogenated alkanes) is 1. The lowest BCUT2D eigenvalue weighted by molar-refractivity contribution is -0.120. The molecule has 1 amide bonds. The molecule has 0 aliphatic rings. The predicted molar refractivity (Wildman–Crippen MR) is 74.3 cm³/mol. The maximum absolute atomic E-state index is 11.6. The number of aromatic nitrogens is 6. The van der Waals surface area contributed by atoms with Crippen molar-refractivity contribution < 1.29 is 9.32 Å². The minimum absolute atomic E-state index is 0.0963. The first kappa shape index (κ1) is 15.4. The van der Waals surface area contributed by atoms with Crippen molar-refractivity contribution in [2.75, 3.05) is 6.54 Å². The fraction of sp³-hybridized carbons (Fsp3) is 0.636. The van der Waals surface area contributed by atoms with E-state index in [9.17, 15) is 4.79 Å². The van der Waals surface area contributed by atoms with E-state index in [1.807, 2.05) is 0 Å². The highest BCUT2D eigenvalue weighted by atomic mass is 32.2. The van der Waals surface area contributed by atoms with Crippen molar-refractivity contribution in [2.45, 2.75) is 37.1 Å². The van der Waals surface area contributed by atoms with Gasteiger partial charge in [-0.15, -0.1) is 5.10 Å². The number of nitrogens with one attached hydrogen (secondary N) is 1. The highest BCUT2D eigenvalue weighted by Gasteiger charge is 2.12. The molecule has 0 aliphatic carbocycles. The van der Waals surface area contributed by atoms with Crippen LogP contribution in [0.25, 0.3) is 0 Å². The van der Waals surface area contributed by atoms with E-state index in [0.29, 0.717) is 29.2 Å². The number of hydrogen-bond acceptors (Lipinski definition) is 8. The summed E-state index contributed by atoms with van der Waals surface area (Å²) >= 11 is 1.39. The average molecular weight is 311 g/mol. The highest BCUT2D eigenvalue weighted by molar-refractivity contribution is 7.98. The summed E-state index contributed by atoms with van der Waals surface area (Å²) < 4.78 is 6.65. The first-order valence-corrected chi connectivity index (χ1v) is 7.61. The number of carbonyl (C=O) groups excluding carboxylic acids is 1. The Bertz CT molecular complexity index is 583. The van der Waals surface area contributed by atoms with Crippen molar-refractivity contribution in [2.24, 2.45) is 7.05 Å². The number of amides is 1. The van der Waals surface area contributed by atoms with Crippen LogP contribution in [0.3, 0.4) is 0 Å². The summed E-state index contributed by atoms with van der Waals surface area (Å²) in [4.78, 5) is 15.8. The van der Waals surface area contributed by atoms with Crippen molar-refractivity contribution in [1.82, 2.24) is 35.7 Å². The molecule has 2 aromatic rings. The maximum atomic E-state index is 11.6. The second-order valence-electron chi connectivity index (χ2n) is 4.36. The predicted octanol–water partition coefficient (Wildman–Crippen LogP) is 0.344. The van der Waals surface area contributed by atoms with Crippen molar-refractivity contribution in [3.05, 3.63) is 11.7 Å². The van der Waals surface area contributed by atoms with E-state index in [4.69, 9.17) is 4.52 Å². The topological polar surface area (TPSA) is 112 Å². The highest BCUT2D eigenvalue weighted by Crippen LogP contribution is 2.17. The molecule has 10 heteroatoms. The molecule has 0 radical (unpaired) electrons. The molecule has 9 nitrogen and oxygen atoms in total. The van der Waals surface area contributed by atoms with Crippen LogP contribution in [-0.4, -0.2) is 42.8 Å². The van der Waals surface area contributed by atoms with Crippen LogP contribution >= 0.6 is 11.8 Å². The zero-order valence-electron chi connectivity index (χ0n) is 11.9. The molecule has 0 saturated carbocycles. The molecule has 0 unspecified atom stereocenters. The summed E-state index contributed by atoms with van der Waals surface area (Å²) in [6.45, 7) is 2.75. The largest absolute Gasteiger partial charge is 0.356 e. The lowest BCUT2D eigenvalue weighted by atomic mass is 10.3. The first-order valence-electron chi connectivity index (χ1n) is 6.62. The maximum Gasteiger partial charge on any atom is 0.237 e. The van der Waals surface area contributed by atoms with Gasteiger partial charge < -0.3 is 9.84 Å². The molecule has 2 rings (SSSR count). The number of rotatable bonds is 8. The zero-order chi connectivity index (χ0) is 15.1. The Morgan fingerprint density at radius 2 is 2.33 bits per heavy atom. The van der Waals surface area contributed by atoms with Crippen LogP contribution in [0.4, 0.5) is 0 Å². The smallest absolute Gasteiger partial charge is 0.237 e. The molecule has 0 aromatic carbocycles. The number of carbonyl (C=O) groups is 1. The van der Waals surface area contributed by atoms with E-state index < -0.39 is 0 Å². The van der Waals surface area contributed by atoms with Crippen molar-refractivity contribution >= 4 is 17.7 Å². The Labute approximate surface area is 125 Å². The molecule has 0 fully saturated rings. The van der Waals surface area contributed by atoms with Crippen LogP contribution < -0.4 is 5.32 Å². The molecular weight excluding hydrogens is 294 g/mol. The van der Waals surface area contributed by atoms with Gasteiger partial charge in [0.05, 0.1) is 12.2 Å². The van der Waals surface area contributed by atoms with Gasteiger partial charge in [0.15, 0.2) is 5.82 Å². The summed E-state index contributed by atoms with van der Waals surface area (Å²) in [5.74, 6) is 1.19. The van der Waals surface area contributed by atoms with Gasteiger partial charge in [0.2, 0.25) is 17.0 Å². The second-order valence-corrected chi connectivity index (χ2v) is 5.30. The number of aryl methyl sites for hydroxylation is 1. The van der Waals surface area contributed by atoms with Crippen LogP contribution in [-0.2, 0) is 24.0 Å². The number of tetrazole rings is 1. The fourth-order valence-corrected chi connectivity index (χ4v) is 2.19. The Balaban J connectivity index is 1.78. The normalized spacial score (nSPS) is 10.8. The summed E-state index contributed by atoms with van der Waals surface area (Å²) in [6, 6.07) is 0. The molecule has 114 valence electrons. The van der Waals surface area contributed by atoms with E-state index in [0.717, 1.165) is 12.8 Å². The Kier molecular flexibility index (Phi) is 5.67. The molecule has 0 atom stereocenters. The molecule has 2 aromatic heterocycles. The SMILES string of the molecule is CCCCNC(=O)Cc1noc(CSc2nnnn2C)n1. The molecule has 0 aliphatic heterocycles. The summed E-state index contributed by atoms with van der Waals surface area (Å²) in [5.41, 5.74) is 0. The van der Waals surface area contributed by atoms with Gasteiger partial charge in [0.1, 0.15) is 0 Å². The van der Waals surface area contributed by atoms with E-state index in [1.165, 1.54) is 11.8 Å². The van der Waals surface area contributed by atoms with Crippen LogP contribution in [0.5, 0.6) is 0 Å². The van der Waals surface area contributed by atoms with E-state index >= 15 is 0 Å². The molecule has 1 N–H and O–H groups in total. The summed E-state index contributed by atoms with van der Waals surface area (Å²) in [7, 11) is 1.75. The zero-order valence-corrected chi connectivity index (χ0v) is 12.8. The molecule has 0 spiro atoms. The Hall–Kier alpha value is -1.97. The molecule has 21 heavy (non-hydrogen) atoms.